The van der Waals surface area contributed by atoms with Crippen molar-refractivity contribution < 1.29 is 19.1 Å². The van der Waals surface area contributed by atoms with Gasteiger partial charge in [-0.1, -0.05) is 6.07 Å². The third-order valence-corrected chi connectivity index (χ3v) is 3.76. The van der Waals surface area contributed by atoms with Crippen molar-refractivity contribution in [1.82, 2.24) is 4.98 Å². The van der Waals surface area contributed by atoms with Crippen LogP contribution in [0.15, 0.2) is 36.5 Å². The van der Waals surface area contributed by atoms with E-state index >= 15 is 0 Å². The molecule has 0 aliphatic heterocycles. The maximum Gasteiger partial charge on any atom is 0.203 e. The van der Waals surface area contributed by atoms with Gasteiger partial charge < -0.3 is 19.1 Å². The Kier molecular flexibility index (Phi) is 6.23. The molecule has 2 rings (SSSR count). The lowest BCUT2D eigenvalue weighted by atomic mass is 10.1. The minimum atomic E-state index is 0.630. The molecule has 124 valence electrons. The normalized spacial score (nSPS) is 11.8. The van der Waals surface area contributed by atoms with Crippen LogP contribution in [0, 0.1) is 0 Å². The second-order valence-electron chi connectivity index (χ2n) is 5.49. The van der Waals surface area contributed by atoms with E-state index in [0.29, 0.717) is 17.2 Å². The fraction of sp³-hybridized carbons (Fsp3) is 0.389. The molecule has 0 saturated carbocycles. The maximum atomic E-state index is 5.41. The lowest BCUT2D eigenvalue weighted by Crippen LogP contribution is -3.07. The summed E-state index contributed by atoms with van der Waals surface area (Å²) in [6.45, 7) is 1.89. The summed E-state index contributed by atoms with van der Waals surface area (Å²) in [5.74, 6) is 2.02. The minimum absolute atomic E-state index is 0.630. The molecule has 0 bridgehead atoms. The number of aromatic nitrogens is 1. The number of nitrogens with one attached hydrogen (secondary N) is 1. The Hall–Kier alpha value is -2.27. The summed E-state index contributed by atoms with van der Waals surface area (Å²) in [6.07, 6.45) is 2.79. The summed E-state index contributed by atoms with van der Waals surface area (Å²) >= 11 is 0. The zero-order valence-corrected chi connectivity index (χ0v) is 14.3. The van der Waals surface area contributed by atoms with Crippen molar-refractivity contribution in [2.45, 2.75) is 13.0 Å². The molecule has 0 radical (unpaired) electrons. The third-order valence-electron chi connectivity index (χ3n) is 3.76. The Morgan fingerprint density at radius 2 is 1.70 bits per heavy atom. The second-order valence-corrected chi connectivity index (χ2v) is 5.49. The number of methoxy groups -OCH3 is 3. The number of pyridine rings is 1. The number of hydrogen-bond acceptors (Lipinski definition) is 4. The zero-order chi connectivity index (χ0) is 16.7. The highest BCUT2D eigenvalue weighted by Gasteiger charge is 2.15. The lowest BCUT2D eigenvalue weighted by molar-refractivity contribution is -0.893. The van der Waals surface area contributed by atoms with Gasteiger partial charge in [-0.3, -0.25) is 4.98 Å². The molecule has 0 fully saturated rings. The van der Waals surface area contributed by atoms with Gasteiger partial charge in [0.2, 0.25) is 5.75 Å². The van der Waals surface area contributed by atoms with Crippen LogP contribution in [0.25, 0.3) is 0 Å². The summed E-state index contributed by atoms with van der Waals surface area (Å²) in [6, 6.07) is 10.0. The van der Waals surface area contributed by atoms with E-state index in [-0.39, 0.29) is 0 Å². The molecule has 1 heterocycles. The SMILES string of the molecule is COc1cc(C[NH+](C)CCc2ccccn2)cc(OC)c1OC. The predicted octanol–water partition coefficient (Wildman–Crippen LogP) is 1.36. The smallest absolute Gasteiger partial charge is 0.203 e. The first kappa shape index (κ1) is 17.1. The largest absolute Gasteiger partial charge is 0.493 e. The molecule has 0 amide bonds. The van der Waals surface area contributed by atoms with Crippen molar-refractivity contribution in [2.75, 3.05) is 34.9 Å². The van der Waals surface area contributed by atoms with Gasteiger partial charge >= 0.3 is 0 Å². The number of nitrogens with zero attached hydrogens (tertiary/aromatic N) is 1. The average Bonchev–Trinajstić information content (AvgIpc) is 2.59. The summed E-state index contributed by atoms with van der Waals surface area (Å²) in [4.78, 5) is 5.76. The van der Waals surface area contributed by atoms with Gasteiger partial charge in [-0.2, -0.15) is 0 Å². The van der Waals surface area contributed by atoms with Crippen LogP contribution in [0.4, 0.5) is 0 Å². The predicted molar refractivity (Wildman–Crippen MR) is 89.5 cm³/mol. The zero-order valence-electron chi connectivity index (χ0n) is 14.3. The van der Waals surface area contributed by atoms with Gasteiger partial charge in [0, 0.05) is 23.9 Å². The highest BCUT2D eigenvalue weighted by molar-refractivity contribution is 5.53. The number of benzene rings is 1. The van der Waals surface area contributed by atoms with E-state index in [1.165, 1.54) is 4.90 Å². The number of likely N-dealkylation sites (N-methyl/N-ethyl adjacent to an activating group) is 1. The number of quaternary nitrogens is 1. The van der Waals surface area contributed by atoms with Crippen LogP contribution in [0.3, 0.4) is 0 Å². The monoisotopic (exact) mass is 317 g/mol. The van der Waals surface area contributed by atoms with Gasteiger partial charge in [-0.05, 0) is 24.3 Å². The Bertz CT molecular complexity index is 592. The Morgan fingerprint density at radius 1 is 1.00 bits per heavy atom. The molecular weight excluding hydrogens is 292 g/mol. The fourth-order valence-electron chi connectivity index (χ4n) is 2.56. The standard InChI is InChI=1S/C18H24N2O3/c1-20(10-8-15-7-5-6-9-19-15)13-14-11-16(21-2)18(23-4)17(12-14)22-3/h5-7,9,11-12H,8,10,13H2,1-4H3/p+1. The van der Waals surface area contributed by atoms with E-state index in [4.69, 9.17) is 14.2 Å². The van der Waals surface area contributed by atoms with Gasteiger partial charge in [0.05, 0.1) is 34.9 Å². The number of hydrogen-bond donors (Lipinski definition) is 1. The lowest BCUT2D eigenvalue weighted by Gasteiger charge is -2.17. The molecule has 1 N–H and O–H groups in total. The molecular formula is C18H25N2O3+. The molecule has 1 atom stereocenters. The van der Waals surface area contributed by atoms with E-state index in [9.17, 15) is 0 Å². The Labute approximate surface area is 137 Å². The topological polar surface area (TPSA) is 45.0 Å². The van der Waals surface area contributed by atoms with Gasteiger partial charge in [0.15, 0.2) is 11.5 Å². The summed E-state index contributed by atoms with van der Waals surface area (Å²) < 4.78 is 16.2. The van der Waals surface area contributed by atoms with Crippen molar-refractivity contribution in [3.8, 4) is 17.2 Å². The molecule has 1 unspecified atom stereocenters. The molecule has 23 heavy (non-hydrogen) atoms. The molecule has 2 aromatic rings. The first-order chi connectivity index (χ1) is 11.2. The van der Waals surface area contributed by atoms with E-state index < -0.39 is 0 Å². The minimum Gasteiger partial charge on any atom is -0.493 e. The first-order valence-electron chi connectivity index (χ1n) is 7.68. The molecule has 0 saturated heterocycles. The van der Waals surface area contributed by atoms with Crippen LogP contribution >= 0.6 is 0 Å². The summed E-state index contributed by atoms with van der Waals surface area (Å²) in [7, 11) is 7.06. The average molecular weight is 317 g/mol. The van der Waals surface area contributed by atoms with E-state index in [1.54, 1.807) is 21.3 Å². The van der Waals surface area contributed by atoms with Crippen molar-refractivity contribution in [3.63, 3.8) is 0 Å². The molecule has 0 aliphatic carbocycles. The Balaban J connectivity index is 2.04. The summed E-state index contributed by atoms with van der Waals surface area (Å²) in [5, 5.41) is 0. The highest BCUT2D eigenvalue weighted by atomic mass is 16.5. The van der Waals surface area contributed by atoms with E-state index in [0.717, 1.165) is 30.8 Å². The molecule has 0 spiro atoms. The fourth-order valence-corrected chi connectivity index (χ4v) is 2.56. The van der Waals surface area contributed by atoms with E-state index in [1.807, 2.05) is 30.5 Å². The molecule has 5 nitrogen and oxygen atoms in total. The van der Waals surface area contributed by atoms with Crippen molar-refractivity contribution in [2.24, 2.45) is 0 Å². The van der Waals surface area contributed by atoms with Crippen molar-refractivity contribution in [3.05, 3.63) is 47.8 Å². The summed E-state index contributed by atoms with van der Waals surface area (Å²) in [5.41, 5.74) is 2.27. The van der Waals surface area contributed by atoms with Crippen LogP contribution in [0.2, 0.25) is 0 Å². The van der Waals surface area contributed by atoms with Gasteiger partial charge in [0.25, 0.3) is 0 Å². The van der Waals surface area contributed by atoms with Gasteiger partial charge in [-0.15, -0.1) is 0 Å². The molecule has 5 heteroatoms. The van der Waals surface area contributed by atoms with Gasteiger partial charge in [-0.25, -0.2) is 0 Å². The quantitative estimate of drug-likeness (QED) is 0.799. The molecule has 1 aromatic heterocycles. The second kappa shape index (κ2) is 8.39. The highest BCUT2D eigenvalue weighted by Crippen LogP contribution is 2.37. The van der Waals surface area contributed by atoms with Crippen LogP contribution in [-0.2, 0) is 13.0 Å². The number of ether oxygens (including phenoxy) is 3. The van der Waals surface area contributed by atoms with Crippen LogP contribution in [0.5, 0.6) is 17.2 Å². The molecule has 0 aliphatic rings. The van der Waals surface area contributed by atoms with Crippen molar-refractivity contribution >= 4 is 0 Å². The molecule has 1 aromatic carbocycles. The Morgan fingerprint density at radius 3 is 2.22 bits per heavy atom. The maximum absolute atomic E-state index is 5.41. The van der Waals surface area contributed by atoms with Gasteiger partial charge in [0.1, 0.15) is 6.54 Å². The van der Waals surface area contributed by atoms with Crippen LogP contribution < -0.4 is 19.1 Å². The first-order valence-corrected chi connectivity index (χ1v) is 7.68. The van der Waals surface area contributed by atoms with Crippen LogP contribution in [0.1, 0.15) is 11.3 Å². The number of rotatable bonds is 8. The third kappa shape index (κ3) is 4.60. The van der Waals surface area contributed by atoms with E-state index in [2.05, 4.69) is 18.1 Å². The van der Waals surface area contributed by atoms with Crippen molar-refractivity contribution in [1.29, 1.82) is 0 Å². The van der Waals surface area contributed by atoms with Crippen LogP contribution in [-0.4, -0.2) is 39.9 Å².